The van der Waals surface area contributed by atoms with E-state index < -0.39 is 22.0 Å². The third-order valence-corrected chi connectivity index (χ3v) is 5.98. The predicted octanol–water partition coefficient (Wildman–Crippen LogP) is 2.25. The Balaban J connectivity index is 2.45. The molecule has 0 amide bonds. The molecule has 2 N–H and O–H groups in total. The van der Waals surface area contributed by atoms with E-state index in [0.717, 1.165) is 0 Å². The minimum atomic E-state index is -4.01. The third kappa shape index (κ3) is 3.46. The number of hydrogen-bond donors (Lipinski definition) is 2. The summed E-state index contributed by atoms with van der Waals surface area (Å²) in [7, 11) is -4.01. The molecule has 0 fully saturated rings. The molecule has 1 atom stereocenters. The van der Waals surface area contributed by atoms with Crippen molar-refractivity contribution in [2.45, 2.75) is 44.7 Å². The topological polar surface area (TPSA) is 101 Å². The first-order chi connectivity index (χ1) is 10.6. The van der Waals surface area contributed by atoms with Crippen LogP contribution in [0.5, 0.6) is 0 Å². The first kappa shape index (κ1) is 17.6. The van der Waals surface area contributed by atoms with Crippen molar-refractivity contribution in [3.8, 4) is 0 Å². The molecule has 1 unspecified atom stereocenters. The van der Waals surface area contributed by atoms with Gasteiger partial charge in [-0.2, -0.15) is 9.82 Å². The van der Waals surface area contributed by atoms with Crippen molar-refractivity contribution in [2.75, 3.05) is 0 Å². The second kappa shape index (κ2) is 6.42. The van der Waals surface area contributed by atoms with Gasteiger partial charge in [0.1, 0.15) is 4.90 Å². The summed E-state index contributed by atoms with van der Waals surface area (Å²) in [6.45, 7) is 7.06. The van der Waals surface area contributed by atoms with Crippen LogP contribution in [0.3, 0.4) is 0 Å². The number of aromatic nitrogens is 2. The van der Waals surface area contributed by atoms with Crippen molar-refractivity contribution in [1.29, 1.82) is 0 Å². The number of nitrogens with zero attached hydrogens (tertiary/aromatic N) is 2. The van der Waals surface area contributed by atoms with Crippen molar-refractivity contribution in [1.82, 2.24) is 14.5 Å². The lowest BCUT2D eigenvalue weighted by Gasteiger charge is -2.14. The standard InChI is InChI=1S/C14H19N3O4S2/c1-8(2)17-10(4)13(9(3)15-17)23(20,21)16-12(14(18)19)11-6-5-7-22-11/h5-8,12,16H,1-4H3,(H,18,19). The lowest BCUT2D eigenvalue weighted by molar-refractivity contribution is -0.139. The van der Waals surface area contributed by atoms with Gasteiger partial charge in [-0.05, 0) is 39.1 Å². The van der Waals surface area contributed by atoms with E-state index in [2.05, 4.69) is 9.82 Å². The Morgan fingerprint density at radius 1 is 1.39 bits per heavy atom. The van der Waals surface area contributed by atoms with E-state index in [1.165, 1.54) is 11.3 Å². The van der Waals surface area contributed by atoms with Gasteiger partial charge < -0.3 is 5.11 Å². The molecule has 2 aromatic heterocycles. The van der Waals surface area contributed by atoms with Crippen LogP contribution in [-0.2, 0) is 14.8 Å². The molecule has 7 nitrogen and oxygen atoms in total. The van der Waals surface area contributed by atoms with Gasteiger partial charge >= 0.3 is 5.97 Å². The molecule has 2 heterocycles. The summed E-state index contributed by atoms with van der Waals surface area (Å²) in [4.78, 5) is 11.9. The Bertz CT molecular complexity index is 807. The van der Waals surface area contributed by atoms with Gasteiger partial charge in [-0.3, -0.25) is 9.48 Å². The molecular formula is C14H19N3O4S2. The van der Waals surface area contributed by atoms with Crippen LogP contribution in [0.4, 0.5) is 0 Å². The molecule has 0 saturated heterocycles. The van der Waals surface area contributed by atoms with E-state index in [4.69, 9.17) is 0 Å². The fourth-order valence-electron chi connectivity index (χ4n) is 2.44. The minimum Gasteiger partial charge on any atom is -0.480 e. The Hall–Kier alpha value is -1.71. The molecular weight excluding hydrogens is 338 g/mol. The molecule has 0 spiro atoms. The Morgan fingerprint density at radius 3 is 2.48 bits per heavy atom. The molecule has 2 aromatic rings. The molecule has 0 aromatic carbocycles. The maximum absolute atomic E-state index is 12.7. The molecule has 23 heavy (non-hydrogen) atoms. The highest BCUT2D eigenvalue weighted by Crippen LogP contribution is 2.26. The fourth-order valence-corrected chi connectivity index (χ4v) is 4.85. The third-order valence-electron chi connectivity index (χ3n) is 3.36. The summed E-state index contributed by atoms with van der Waals surface area (Å²) in [6, 6.07) is 1.95. The number of hydrogen-bond acceptors (Lipinski definition) is 5. The molecule has 0 aliphatic rings. The molecule has 9 heteroatoms. The van der Waals surface area contributed by atoms with E-state index in [9.17, 15) is 18.3 Å². The number of carboxylic acids is 1. The zero-order valence-corrected chi connectivity index (χ0v) is 14.9. The van der Waals surface area contributed by atoms with Crippen LogP contribution >= 0.6 is 11.3 Å². The number of rotatable bonds is 6. The van der Waals surface area contributed by atoms with Gasteiger partial charge in [0.25, 0.3) is 0 Å². The number of nitrogens with one attached hydrogen (secondary N) is 1. The number of aryl methyl sites for hydroxylation is 1. The Labute approximate surface area is 139 Å². The minimum absolute atomic E-state index is 0.00483. The number of sulfonamides is 1. The number of aliphatic carboxylic acids is 1. The summed E-state index contributed by atoms with van der Waals surface area (Å²) in [5, 5.41) is 15.3. The van der Waals surface area contributed by atoms with Crippen LogP contribution in [0.25, 0.3) is 0 Å². The van der Waals surface area contributed by atoms with Crippen LogP contribution in [0.1, 0.15) is 42.2 Å². The van der Waals surface area contributed by atoms with Gasteiger partial charge in [0.2, 0.25) is 10.0 Å². The highest BCUT2D eigenvalue weighted by Gasteiger charge is 2.32. The first-order valence-corrected chi connectivity index (χ1v) is 9.35. The summed E-state index contributed by atoms with van der Waals surface area (Å²) in [5.74, 6) is -1.25. The summed E-state index contributed by atoms with van der Waals surface area (Å²) < 4.78 is 29.3. The normalized spacial score (nSPS) is 13.4. The zero-order valence-electron chi connectivity index (χ0n) is 13.3. The zero-order chi connectivity index (χ0) is 17.4. The van der Waals surface area contributed by atoms with E-state index >= 15 is 0 Å². The molecule has 0 aliphatic carbocycles. The lowest BCUT2D eigenvalue weighted by atomic mass is 10.3. The highest BCUT2D eigenvalue weighted by atomic mass is 32.2. The van der Waals surface area contributed by atoms with Gasteiger partial charge in [-0.1, -0.05) is 6.07 Å². The van der Waals surface area contributed by atoms with E-state index in [1.807, 2.05) is 13.8 Å². The number of thiophene rings is 1. The average molecular weight is 357 g/mol. The van der Waals surface area contributed by atoms with Crippen LogP contribution in [-0.4, -0.2) is 29.3 Å². The van der Waals surface area contributed by atoms with Crippen molar-refractivity contribution in [3.05, 3.63) is 33.8 Å². The van der Waals surface area contributed by atoms with Gasteiger partial charge in [-0.15, -0.1) is 11.3 Å². The van der Waals surface area contributed by atoms with Gasteiger partial charge in [0.15, 0.2) is 6.04 Å². The van der Waals surface area contributed by atoms with Crippen molar-refractivity contribution >= 4 is 27.3 Å². The second-order valence-corrected chi connectivity index (χ2v) is 8.08. The van der Waals surface area contributed by atoms with E-state index in [1.54, 1.807) is 36.0 Å². The quantitative estimate of drug-likeness (QED) is 0.826. The lowest BCUT2D eigenvalue weighted by Crippen LogP contribution is -2.33. The molecule has 0 saturated carbocycles. The number of carboxylic acid groups (broad SMARTS) is 1. The van der Waals surface area contributed by atoms with Crippen LogP contribution < -0.4 is 4.72 Å². The monoisotopic (exact) mass is 357 g/mol. The predicted molar refractivity (Wildman–Crippen MR) is 87.1 cm³/mol. The van der Waals surface area contributed by atoms with E-state index in [-0.39, 0.29) is 10.9 Å². The SMILES string of the molecule is Cc1nn(C(C)C)c(C)c1S(=O)(=O)NC(C(=O)O)c1cccs1. The number of carbonyl (C=O) groups is 1. The largest absolute Gasteiger partial charge is 0.480 e. The van der Waals surface area contributed by atoms with Gasteiger partial charge in [-0.25, -0.2) is 8.42 Å². The van der Waals surface area contributed by atoms with Crippen LogP contribution in [0.2, 0.25) is 0 Å². The summed E-state index contributed by atoms with van der Waals surface area (Å²) in [6.07, 6.45) is 0. The van der Waals surface area contributed by atoms with E-state index in [0.29, 0.717) is 16.3 Å². The van der Waals surface area contributed by atoms with Crippen molar-refractivity contribution in [3.63, 3.8) is 0 Å². The van der Waals surface area contributed by atoms with Crippen LogP contribution in [0, 0.1) is 13.8 Å². The molecule has 126 valence electrons. The molecule has 2 rings (SSSR count). The average Bonchev–Trinajstić information content (AvgIpc) is 3.04. The molecule has 0 bridgehead atoms. The fraction of sp³-hybridized carbons (Fsp3) is 0.429. The van der Waals surface area contributed by atoms with Gasteiger partial charge in [0.05, 0.1) is 11.4 Å². The van der Waals surface area contributed by atoms with Gasteiger partial charge in [0, 0.05) is 10.9 Å². The Kier molecular flexibility index (Phi) is 4.92. The molecule has 0 radical (unpaired) electrons. The second-order valence-electron chi connectivity index (χ2n) is 5.45. The van der Waals surface area contributed by atoms with Crippen molar-refractivity contribution < 1.29 is 18.3 Å². The van der Waals surface area contributed by atoms with Crippen molar-refractivity contribution in [2.24, 2.45) is 0 Å². The first-order valence-electron chi connectivity index (χ1n) is 6.99. The maximum atomic E-state index is 12.7. The highest BCUT2D eigenvalue weighted by molar-refractivity contribution is 7.89. The summed E-state index contributed by atoms with van der Waals surface area (Å²) >= 11 is 1.19. The van der Waals surface area contributed by atoms with Crippen LogP contribution in [0.15, 0.2) is 22.4 Å². The molecule has 0 aliphatic heterocycles. The summed E-state index contributed by atoms with van der Waals surface area (Å²) in [5.41, 5.74) is 0.833. The smallest absolute Gasteiger partial charge is 0.327 e. The maximum Gasteiger partial charge on any atom is 0.327 e. The Morgan fingerprint density at radius 2 is 2.04 bits per heavy atom.